The lowest BCUT2D eigenvalue weighted by molar-refractivity contribution is 0.0527. The predicted molar refractivity (Wildman–Crippen MR) is 98.0 cm³/mol. The molecule has 9 heteroatoms. The molecule has 0 spiro atoms. The molecule has 0 saturated carbocycles. The summed E-state index contributed by atoms with van der Waals surface area (Å²) in [4.78, 5) is 16.7. The molecule has 0 fully saturated rings. The summed E-state index contributed by atoms with van der Waals surface area (Å²) in [6.07, 6.45) is 2.26. The first-order valence-electron chi connectivity index (χ1n) is 7.90. The maximum atomic E-state index is 12.1. The molecule has 2 aromatic heterocycles. The predicted octanol–water partition coefficient (Wildman–Crippen LogP) is 2.28. The first-order chi connectivity index (χ1) is 12.3. The zero-order valence-corrected chi connectivity index (χ0v) is 15.4. The molecule has 0 atom stereocenters. The number of hydrogen-bond donors (Lipinski definition) is 1. The van der Waals surface area contributed by atoms with Gasteiger partial charge < -0.3 is 4.74 Å². The van der Waals surface area contributed by atoms with E-state index in [1.165, 1.54) is 10.9 Å². The van der Waals surface area contributed by atoms with Crippen LogP contribution in [0.2, 0.25) is 0 Å². The molecule has 3 aromatic rings. The molecule has 0 aliphatic rings. The number of rotatable bonds is 5. The van der Waals surface area contributed by atoms with Crippen molar-refractivity contribution in [2.75, 3.05) is 17.6 Å². The average Bonchev–Trinajstić information content (AvgIpc) is 2.96. The zero-order valence-electron chi connectivity index (χ0n) is 14.6. The van der Waals surface area contributed by atoms with Gasteiger partial charge in [-0.1, -0.05) is 18.2 Å². The number of pyridine rings is 1. The number of aryl methyl sites for hydroxylation is 1. The van der Waals surface area contributed by atoms with Crippen LogP contribution in [0.4, 0.5) is 5.82 Å². The Morgan fingerprint density at radius 2 is 2.04 bits per heavy atom. The van der Waals surface area contributed by atoms with Crippen LogP contribution in [0.1, 0.15) is 22.8 Å². The van der Waals surface area contributed by atoms with Crippen LogP contribution in [0.3, 0.4) is 0 Å². The Morgan fingerprint density at radius 3 is 2.73 bits per heavy atom. The summed E-state index contributed by atoms with van der Waals surface area (Å²) in [6.45, 7) is 3.75. The number of carbonyl (C=O) groups is 1. The Kier molecular flexibility index (Phi) is 4.64. The fourth-order valence-electron chi connectivity index (χ4n) is 2.59. The largest absolute Gasteiger partial charge is 0.462 e. The molecule has 0 saturated heterocycles. The van der Waals surface area contributed by atoms with Crippen LogP contribution >= 0.6 is 0 Å². The van der Waals surface area contributed by atoms with Crippen molar-refractivity contribution >= 4 is 32.7 Å². The molecule has 0 aliphatic carbocycles. The van der Waals surface area contributed by atoms with Crippen molar-refractivity contribution in [3.05, 3.63) is 47.7 Å². The summed E-state index contributed by atoms with van der Waals surface area (Å²) in [5.74, 6) is -0.279. The Hall–Kier alpha value is -2.94. The highest BCUT2D eigenvalue weighted by Gasteiger charge is 2.23. The summed E-state index contributed by atoms with van der Waals surface area (Å²) >= 11 is 0. The smallest absolute Gasteiger partial charge is 0.343 e. The summed E-state index contributed by atoms with van der Waals surface area (Å²) in [6, 6.07) is 9.36. The van der Waals surface area contributed by atoms with Gasteiger partial charge in [-0.05, 0) is 31.5 Å². The SMILES string of the molecule is CCOC(=O)c1cnn(-c2cc(C)c3ccccc3n2)c1NS(C)(=O)=O. The van der Waals surface area contributed by atoms with Gasteiger partial charge in [-0.15, -0.1) is 0 Å². The molecule has 2 heterocycles. The van der Waals surface area contributed by atoms with E-state index in [-0.39, 0.29) is 18.0 Å². The van der Waals surface area contributed by atoms with Crippen molar-refractivity contribution < 1.29 is 17.9 Å². The lowest BCUT2D eigenvalue weighted by Gasteiger charge is -2.11. The Bertz CT molecular complexity index is 1090. The van der Waals surface area contributed by atoms with Gasteiger partial charge in [-0.3, -0.25) is 4.72 Å². The highest BCUT2D eigenvalue weighted by atomic mass is 32.2. The maximum absolute atomic E-state index is 12.1. The molecule has 3 rings (SSSR count). The second-order valence-corrected chi connectivity index (χ2v) is 7.48. The summed E-state index contributed by atoms with van der Waals surface area (Å²) in [5, 5.41) is 5.13. The number of aromatic nitrogens is 3. The molecule has 1 N–H and O–H groups in total. The summed E-state index contributed by atoms with van der Waals surface area (Å²) in [5.41, 5.74) is 1.70. The van der Waals surface area contributed by atoms with E-state index in [1.54, 1.807) is 13.0 Å². The van der Waals surface area contributed by atoms with Crippen LogP contribution in [0.5, 0.6) is 0 Å². The van der Waals surface area contributed by atoms with E-state index in [4.69, 9.17) is 4.74 Å². The van der Waals surface area contributed by atoms with Gasteiger partial charge in [0, 0.05) is 5.39 Å². The normalized spacial score (nSPS) is 11.5. The highest BCUT2D eigenvalue weighted by Crippen LogP contribution is 2.24. The molecular weight excluding hydrogens is 356 g/mol. The number of hydrogen-bond acceptors (Lipinski definition) is 6. The zero-order chi connectivity index (χ0) is 18.9. The van der Waals surface area contributed by atoms with Crippen LogP contribution in [0, 0.1) is 6.92 Å². The van der Waals surface area contributed by atoms with E-state index < -0.39 is 16.0 Å². The fourth-order valence-corrected chi connectivity index (χ4v) is 3.14. The lowest BCUT2D eigenvalue weighted by atomic mass is 10.1. The minimum absolute atomic E-state index is 0.00636. The Morgan fingerprint density at radius 1 is 1.31 bits per heavy atom. The minimum Gasteiger partial charge on any atom is -0.462 e. The van der Waals surface area contributed by atoms with E-state index in [1.807, 2.05) is 31.2 Å². The van der Waals surface area contributed by atoms with Crippen LogP contribution in [0.25, 0.3) is 16.7 Å². The molecule has 0 aliphatic heterocycles. The monoisotopic (exact) mass is 374 g/mol. The molecule has 0 bridgehead atoms. The number of nitrogens with zero attached hydrogens (tertiary/aromatic N) is 3. The molecule has 136 valence electrons. The van der Waals surface area contributed by atoms with Gasteiger partial charge >= 0.3 is 5.97 Å². The number of fused-ring (bicyclic) bond motifs is 1. The average molecular weight is 374 g/mol. The van der Waals surface area contributed by atoms with Crippen molar-refractivity contribution in [3.63, 3.8) is 0 Å². The molecule has 8 nitrogen and oxygen atoms in total. The van der Waals surface area contributed by atoms with Gasteiger partial charge in [0.2, 0.25) is 10.0 Å². The topological polar surface area (TPSA) is 103 Å². The highest BCUT2D eigenvalue weighted by molar-refractivity contribution is 7.92. The van der Waals surface area contributed by atoms with Crippen molar-refractivity contribution in [1.82, 2.24) is 14.8 Å². The van der Waals surface area contributed by atoms with Crippen LogP contribution in [0.15, 0.2) is 36.5 Å². The number of para-hydroxylation sites is 1. The van der Waals surface area contributed by atoms with Crippen molar-refractivity contribution in [2.45, 2.75) is 13.8 Å². The lowest BCUT2D eigenvalue weighted by Crippen LogP contribution is -2.17. The molecule has 0 unspecified atom stereocenters. The second kappa shape index (κ2) is 6.75. The van der Waals surface area contributed by atoms with E-state index >= 15 is 0 Å². The summed E-state index contributed by atoms with van der Waals surface area (Å²) < 4.78 is 32.1. The third kappa shape index (κ3) is 3.52. The fraction of sp³-hybridized carbons (Fsp3) is 0.235. The molecule has 0 amide bonds. The summed E-state index contributed by atoms with van der Waals surface area (Å²) in [7, 11) is -3.65. The molecule has 26 heavy (non-hydrogen) atoms. The quantitative estimate of drug-likeness (QED) is 0.687. The van der Waals surface area contributed by atoms with Gasteiger partial charge in [-0.25, -0.2) is 18.2 Å². The third-order valence-electron chi connectivity index (χ3n) is 3.67. The Labute approximate surface area is 150 Å². The number of anilines is 1. The van der Waals surface area contributed by atoms with Gasteiger partial charge in [0.1, 0.15) is 5.56 Å². The van der Waals surface area contributed by atoms with Gasteiger partial charge in [0.15, 0.2) is 11.6 Å². The minimum atomic E-state index is -3.65. The molecular formula is C17H18N4O4S. The van der Waals surface area contributed by atoms with Crippen molar-refractivity contribution in [1.29, 1.82) is 0 Å². The number of esters is 1. The standard InChI is InChI=1S/C17H18N4O4S/c1-4-25-17(22)13-10-18-21(16(13)20-26(3,23)24)15-9-11(2)12-7-5-6-8-14(12)19-15/h5-10,20H,4H2,1-3H3. The van der Waals surface area contributed by atoms with Crippen LogP contribution in [-0.2, 0) is 14.8 Å². The maximum Gasteiger partial charge on any atom is 0.343 e. The third-order valence-corrected chi connectivity index (χ3v) is 4.24. The van der Waals surface area contributed by atoms with Crippen molar-refractivity contribution in [2.24, 2.45) is 0 Å². The van der Waals surface area contributed by atoms with Gasteiger partial charge in [-0.2, -0.15) is 9.78 Å². The van der Waals surface area contributed by atoms with E-state index in [0.29, 0.717) is 5.82 Å². The van der Waals surface area contributed by atoms with Crippen LogP contribution < -0.4 is 4.72 Å². The van der Waals surface area contributed by atoms with Crippen molar-refractivity contribution in [3.8, 4) is 5.82 Å². The van der Waals surface area contributed by atoms with E-state index in [0.717, 1.165) is 22.7 Å². The number of benzene rings is 1. The number of sulfonamides is 1. The molecule has 0 radical (unpaired) electrons. The van der Waals surface area contributed by atoms with Gasteiger partial charge in [0.25, 0.3) is 0 Å². The first-order valence-corrected chi connectivity index (χ1v) is 9.79. The Balaban J connectivity index is 2.20. The number of nitrogens with one attached hydrogen (secondary N) is 1. The molecule has 1 aromatic carbocycles. The first kappa shape index (κ1) is 17.9. The number of carbonyl (C=O) groups excluding carboxylic acids is 1. The van der Waals surface area contributed by atoms with E-state index in [2.05, 4.69) is 14.8 Å². The number of ether oxygens (including phenoxy) is 1. The van der Waals surface area contributed by atoms with Gasteiger partial charge in [0.05, 0.1) is 24.6 Å². The second-order valence-electron chi connectivity index (χ2n) is 5.73. The van der Waals surface area contributed by atoms with E-state index in [9.17, 15) is 13.2 Å². The van der Waals surface area contributed by atoms with Crippen LogP contribution in [-0.4, -0.2) is 42.0 Å².